The summed E-state index contributed by atoms with van der Waals surface area (Å²) in [5.74, 6) is 0. The Morgan fingerprint density at radius 3 is 2.94 bits per heavy atom. The highest BCUT2D eigenvalue weighted by Crippen LogP contribution is 2.29. The zero-order valence-corrected chi connectivity index (χ0v) is 11.9. The van der Waals surface area contributed by atoms with Crippen LogP contribution in [0.5, 0.6) is 0 Å². The van der Waals surface area contributed by atoms with Crippen molar-refractivity contribution in [2.24, 2.45) is 0 Å². The molecule has 2 nitrogen and oxygen atoms in total. The Bertz CT molecular complexity index is 597. The summed E-state index contributed by atoms with van der Waals surface area (Å²) >= 11 is 3.54. The maximum atomic E-state index is 8.41. The summed E-state index contributed by atoms with van der Waals surface area (Å²) in [6, 6.07) is 6.38. The lowest BCUT2D eigenvalue weighted by atomic mass is 9.98. The van der Waals surface area contributed by atoms with Crippen LogP contribution in [0, 0.1) is 12.3 Å². The maximum Gasteiger partial charge on any atom is 0.0849 e. The summed E-state index contributed by atoms with van der Waals surface area (Å²) < 4.78 is 1.16. The molecular formula is C15H15BrN2. The Morgan fingerprint density at radius 2 is 2.11 bits per heavy atom. The molecule has 2 N–H and O–H groups in total. The smallest absolute Gasteiger partial charge is 0.0849 e. The van der Waals surface area contributed by atoms with E-state index in [4.69, 9.17) is 5.41 Å². The number of aryl methyl sites for hydroxylation is 2. The van der Waals surface area contributed by atoms with Gasteiger partial charge in [0, 0.05) is 16.6 Å². The number of hydrogen-bond donors (Lipinski definition) is 2. The zero-order chi connectivity index (χ0) is 12.7. The van der Waals surface area contributed by atoms with Crippen LogP contribution >= 0.6 is 15.9 Å². The molecule has 0 aromatic heterocycles. The molecule has 1 aromatic rings. The highest BCUT2D eigenvalue weighted by molar-refractivity contribution is 9.11. The molecular weight excluding hydrogens is 288 g/mol. The number of hydrogen-bond acceptors (Lipinski definition) is 2. The van der Waals surface area contributed by atoms with Crippen molar-refractivity contribution in [1.29, 1.82) is 5.41 Å². The van der Waals surface area contributed by atoms with Gasteiger partial charge in [-0.1, -0.05) is 39.7 Å². The number of nitrogens with one attached hydrogen (secondary N) is 2. The molecule has 18 heavy (non-hydrogen) atoms. The van der Waals surface area contributed by atoms with Crippen LogP contribution < -0.4 is 5.32 Å². The van der Waals surface area contributed by atoms with Crippen LogP contribution in [0.25, 0.3) is 0 Å². The Morgan fingerprint density at radius 1 is 1.28 bits per heavy atom. The summed E-state index contributed by atoms with van der Waals surface area (Å²) in [4.78, 5) is 0. The molecule has 0 saturated carbocycles. The minimum Gasteiger partial charge on any atom is -0.378 e. The van der Waals surface area contributed by atoms with Crippen LogP contribution in [-0.4, -0.2) is 12.3 Å². The highest BCUT2D eigenvalue weighted by atomic mass is 79.9. The van der Waals surface area contributed by atoms with Crippen LogP contribution in [0.1, 0.15) is 23.1 Å². The molecule has 0 amide bonds. The number of benzene rings is 1. The van der Waals surface area contributed by atoms with E-state index in [1.807, 2.05) is 0 Å². The lowest BCUT2D eigenvalue weighted by molar-refractivity contribution is 0.871. The van der Waals surface area contributed by atoms with Crippen molar-refractivity contribution < 1.29 is 0 Å². The van der Waals surface area contributed by atoms with Gasteiger partial charge < -0.3 is 5.32 Å². The maximum absolute atomic E-state index is 8.41. The van der Waals surface area contributed by atoms with Gasteiger partial charge in [0.15, 0.2) is 0 Å². The quantitative estimate of drug-likeness (QED) is 0.756. The third-order valence-corrected chi connectivity index (χ3v) is 4.04. The number of dihydropyridines is 1. The van der Waals surface area contributed by atoms with E-state index >= 15 is 0 Å². The molecule has 0 unspecified atom stereocenters. The van der Waals surface area contributed by atoms with E-state index in [0.29, 0.717) is 5.71 Å². The predicted molar refractivity (Wildman–Crippen MR) is 78.4 cm³/mol. The van der Waals surface area contributed by atoms with Gasteiger partial charge in [-0.15, -0.1) is 0 Å². The Hall–Kier alpha value is -1.35. The molecule has 1 aliphatic heterocycles. The number of allylic oxidation sites excluding steroid dienone is 3. The largest absolute Gasteiger partial charge is 0.378 e. The van der Waals surface area contributed by atoms with Crippen molar-refractivity contribution >= 4 is 21.6 Å². The highest BCUT2D eigenvalue weighted by Gasteiger charge is 2.22. The molecule has 1 aromatic carbocycles. The fourth-order valence-electron chi connectivity index (χ4n) is 2.62. The first-order valence-electron chi connectivity index (χ1n) is 6.17. The van der Waals surface area contributed by atoms with E-state index < -0.39 is 0 Å². The van der Waals surface area contributed by atoms with Gasteiger partial charge in [0.2, 0.25) is 0 Å². The van der Waals surface area contributed by atoms with Gasteiger partial charge in [0.1, 0.15) is 0 Å². The van der Waals surface area contributed by atoms with Gasteiger partial charge in [-0.3, -0.25) is 5.41 Å². The van der Waals surface area contributed by atoms with Gasteiger partial charge in [0.05, 0.1) is 11.4 Å². The molecule has 2 aliphatic rings. The van der Waals surface area contributed by atoms with Crippen LogP contribution in [-0.2, 0) is 6.42 Å². The second-order valence-electron chi connectivity index (χ2n) is 4.88. The molecule has 0 bridgehead atoms. The lowest BCUT2D eigenvalue weighted by Crippen LogP contribution is -2.26. The molecule has 0 spiro atoms. The lowest BCUT2D eigenvalue weighted by Gasteiger charge is -2.19. The van der Waals surface area contributed by atoms with E-state index in [0.717, 1.165) is 35.1 Å². The number of fused-ring (bicyclic) bond motifs is 1. The zero-order valence-electron chi connectivity index (χ0n) is 10.3. The normalized spacial score (nSPS) is 18.6. The van der Waals surface area contributed by atoms with Gasteiger partial charge in [0.25, 0.3) is 0 Å². The van der Waals surface area contributed by atoms with E-state index in [9.17, 15) is 0 Å². The van der Waals surface area contributed by atoms with E-state index in [1.165, 1.54) is 16.7 Å². The fourth-order valence-corrected chi connectivity index (χ4v) is 3.04. The minimum absolute atomic E-state index is 0.633. The van der Waals surface area contributed by atoms with Gasteiger partial charge >= 0.3 is 0 Å². The second-order valence-corrected chi connectivity index (χ2v) is 5.90. The standard InChI is InChI=1S/C15H15BrN2/c1-9-2-5-13-10(6-9)3-4-11-7-12(16)8-18-15(11)14(13)17/h2,5-7,17-18H,3-4,8H2,1H3. The molecule has 0 atom stereocenters. The first-order valence-corrected chi connectivity index (χ1v) is 6.96. The van der Waals surface area contributed by atoms with Gasteiger partial charge in [-0.2, -0.15) is 0 Å². The third kappa shape index (κ3) is 1.93. The first-order chi connectivity index (χ1) is 8.65. The third-order valence-electron chi connectivity index (χ3n) is 3.53. The summed E-state index contributed by atoms with van der Waals surface area (Å²) in [5.41, 5.74) is 6.51. The molecule has 3 heteroatoms. The molecule has 3 rings (SSSR count). The SMILES string of the molecule is Cc1ccc2c(c1)CCC1=C(NCC(Br)=C1)C2=N. The van der Waals surface area contributed by atoms with Crippen LogP contribution in [0.15, 0.2) is 40.0 Å². The van der Waals surface area contributed by atoms with Gasteiger partial charge in [-0.05, 0) is 37.0 Å². The minimum atomic E-state index is 0.633. The second kappa shape index (κ2) is 4.39. The molecule has 0 fully saturated rings. The van der Waals surface area contributed by atoms with Crippen LogP contribution in [0.3, 0.4) is 0 Å². The van der Waals surface area contributed by atoms with E-state index in [2.05, 4.69) is 52.4 Å². The number of rotatable bonds is 0. The van der Waals surface area contributed by atoms with Crippen molar-refractivity contribution in [3.8, 4) is 0 Å². The Kier molecular flexibility index (Phi) is 2.86. The summed E-state index contributed by atoms with van der Waals surface area (Å²) in [7, 11) is 0. The van der Waals surface area contributed by atoms with Crippen molar-refractivity contribution in [3.63, 3.8) is 0 Å². The Labute approximate surface area is 115 Å². The first kappa shape index (κ1) is 11.7. The predicted octanol–water partition coefficient (Wildman–Crippen LogP) is 3.45. The van der Waals surface area contributed by atoms with Crippen molar-refractivity contribution in [1.82, 2.24) is 5.32 Å². The van der Waals surface area contributed by atoms with Crippen molar-refractivity contribution in [2.75, 3.05) is 6.54 Å². The van der Waals surface area contributed by atoms with Crippen molar-refractivity contribution in [2.45, 2.75) is 19.8 Å². The number of halogens is 1. The average Bonchev–Trinajstić information content (AvgIpc) is 2.47. The van der Waals surface area contributed by atoms with Gasteiger partial charge in [-0.25, -0.2) is 0 Å². The molecule has 0 saturated heterocycles. The average molecular weight is 303 g/mol. The monoisotopic (exact) mass is 302 g/mol. The molecule has 0 radical (unpaired) electrons. The molecule has 1 aliphatic carbocycles. The van der Waals surface area contributed by atoms with E-state index in [1.54, 1.807) is 0 Å². The summed E-state index contributed by atoms with van der Waals surface area (Å²) in [6.45, 7) is 2.89. The van der Waals surface area contributed by atoms with E-state index in [-0.39, 0.29) is 0 Å². The van der Waals surface area contributed by atoms with Crippen molar-refractivity contribution in [3.05, 3.63) is 56.7 Å². The van der Waals surface area contributed by atoms with Crippen LogP contribution in [0.4, 0.5) is 0 Å². The van der Waals surface area contributed by atoms with Crippen LogP contribution in [0.2, 0.25) is 0 Å². The molecule has 92 valence electrons. The topological polar surface area (TPSA) is 35.9 Å². The molecule has 1 heterocycles. The fraction of sp³-hybridized carbons (Fsp3) is 0.267. The summed E-state index contributed by atoms with van der Waals surface area (Å²) in [5, 5.41) is 11.8. The Balaban J connectivity index is 2.10. The summed E-state index contributed by atoms with van der Waals surface area (Å²) in [6.07, 6.45) is 4.17.